The lowest BCUT2D eigenvalue weighted by molar-refractivity contribution is -0.131. The van der Waals surface area contributed by atoms with E-state index >= 15 is 0 Å². The third kappa shape index (κ3) is 4.73. The van der Waals surface area contributed by atoms with E-state index < -0.39 is 0 Å². The number of halogens is 1. The molecule has 1 atom stereocenters. The van der Waals surface area contributed by atoms with Crippen LogP contribution < -0.4 is 5.32 Å². The van der Waals surface area contributed by atoms with Crippen LogP contribution in [0.5, 0.6) is 0 Å². The second-order valence-corrected chi connectivity index (χ2v) is 7.23. The van der Waals surface area contributed by atoms with Gasteiger partial charge in [0.1, 0.15) is 0 Å². The van der Waals surface area contributed by atoms with Crippen molar-refractivity contribution in [3.8, 4) is 10.6 Å². The summed E-state index contributed by atoms with van der Waals surface area (Å²) in [6.07, 6.45) is 0. The Morgan fingerprint density at radius 2 is 2.48 bits per heavy atom. The van der Waals surface area contributed by atoms with E-state index in [0.29, 0.717) is 11.5 Å². The lowest BCUT2D eigenvalue weighted by atomic mass is 10.2. The number of piperazine rings is 1. The van der Waals surface area contributed by atoms with Gasteiger partial charge in [-0.1, -0.05) is 11.2 Å². The summed E-state index contributed by atoms with van der Waals surface area (Å²) in [4.78, 5) is 15.3. The zero-order chi connectivity index (χ0) is 15.4. The van der Waals surface area contributed by atoms with Crippen LogP contribution in [-0.4, -0.2) is 47.4 Å². The first-order valence-corrected chi connectivity index (χ1v) is 9.35. The minimum Gasteiger partial charge on any atom is -0.355 e. The first kappa shape index (κ1) is 18.3. The number of nitrogens with zero attached hydrogens (tertiary/aromatic N) is 2. The normalized spacial score (nSPS) is 17.8. The summed E-state index contributed by atoms with van der Waals surface area (Å²) in [5.41, 5.74) is 0.884. The minimum atomic E-state index is 0. The number of hydrogen-bond donors (Lipinski definition) is 1. The number of thiophene rings is 1. The molecular formula is C15H20ClN3O2S2. The molecule has 0 unspecified atom stereocenters. The smallest absolute Gasteiger partial charge is 0.232 e. The van der Waals surface area contributed by atoms with E-state index in [1.54, 1.807) is 23.1 Å². The van der Waals surface area contributed by atoms with Gasteiger partial charge in [0.25, 0.3) is 0 Å². The van der Waals surface area contributed by atoms with Crippen molar-refractivity contribution in [1.82, 2.24) is 15.4 Å². The molecule has 2 aromatic heterocycles. The van der Waals surface area contributed by atoms with Crippen molar-refractivity contribution < 1.29 is 9.32 Å². The molecule has 1 amide bonds. The highest BCUT2D eigenvalue weighted by Crippen LogP contribution is 2.26. The second-order valence-electron chi connectivity index (χ2n) is 5.29. The van der Waals surface area contributed by atoms with E-state index in [2.05, 4.69) is 17.4 Å². The van der Waals surface area contributed by atoms with Gasteiger partial charge in [0.15, 0.2) is 5.76 Å². The number of nitrogens with one attached hydrogen (secondary N) is 1. The third-order valence-electron chi connectivity index (χ3n) is 3.62. The zero-order valence-corrected chi connectivity index (χ0v) is 15.3. The maximum atomic E-state index is 12.2. The van der Waals surface area contributed by atoms with Crippen LogP contribution in [0, 0.1) is 0 Å². The highest BCUT2D eigenvalue weighted by atomic mass is 35.5. The monoisotopic (exact) mass is 373 g/mol. The largest absolute Gasteiger partial charge is 0.355 e. The van der Waals surface area contributed by atoms with E-state index in [9.17, 15) is 4.79 Å². The summed E-state index contributed by atoms with van der Waals surface area (Å²) in [5.74, 6) is 2.20. The fourth-order valence-electron chi connectivity index (χ4n) is 2.45. The molecule has 0 aromatic carbocycles. The standard InChI is InChI=1S/C15H19N3O2S2.ClH/c1-11-8-16-4-5-18(11)15(19)10-21-9-12-7-13(20-17-12)14-3-2-6-22-14;/h2-3,6-7,11,16H,4-5,8-10H2,1H3;1H/t11-;/m0./s1. The molecule has 126 valence electrons. The van der Waals surface area contributed by atoms with E-state index in [1.807, 2.05) is 28.5 Å². The SMILES string of the molecule is C[C@H]1CNCCN1C(=O)CSCc1cc(-c2cccs2)on1.Cl. The minimum absolute atomic E-state index is 0. The molecule has 0 aliphatic carbocycles. The Kier molecular flexibility index (Phi) is 6.95. The molecule has 1 aliphatic rings. The summed E-state index contributed by atoms with van der Waals surface area (Å²) in [6, 6.07) is 6.23. The van der Waals surface area contributed by atoms with Crippen LogP contribution in [0.3, 0.4) is 0 Å². The van der Waals surface area contributed by atoms with E-state index in [1.165, 1.54) is 0 Å². The van der Waals surface area contributed by atoms with Gasteiger partial charge in [-0.25, -0.2) is 0 Å². The number of thioether (sulfide) groups is 1. The molecule has 5 nitrogen and oxygen atoms in total. The highest BCUT2D eigenvalue weighted by Gasteiger charge is 2.22. The summed E-state index contributed by atoms with van der Waals surface area (Å²) in [5, 5.41) is 9.38. The van der Waals surface area contributed by atoms with Crippen LogP contribution in [0.25, 0.3) is 10.6 Å². The lowest BCUT2D eigenvalue weighted by Crippen LogP contribution is -2.52. The van der Waals surface area contributed by atoms with Crippen molar-refractivity contribution in [2.45, 2.75) is 18.7 Å². The Morgan fingerprint density at radius 3 is 3.22 bits per heavy atom. The summed E-state index contributed by atoms with van der Waals surface area (Å²) in [7, 11) is 0. The predicted octanol–water partition coefficient (Wildman–Crippen LogP) is 2.88. The van der Waals surface area contributed by atoms with Crippen LogP contribution in [0.15, 0.2) is 28.1 Å². The van der Waals surface area contributed by atoms with Crippen molar-refractivity contribution in [2.24, 2.45) is 0 Å². The maximum absolute atomic E-state index is 12.2. The lowest BCUT2D eigenvalue weighted by Gasteiger charge is -2.33. The Bertz CT molecular complexity index is 618. The summed E-state index contributed by atoms with van der Waals surface area (Å²) >= 11 is 3.22. The Labute approximate surface area is 150 Å². The number of hydrogen-bond acceptors (Lipinski definition) is 6. The number of amides is 1. The van der Waals surface area contributed by atoms with Crippen LogP contribution in [0.1, 0.15) is 12.6 Å². The number of carbonyl (C=O) groups excluding carboxylic acids is 1. The molecular weight excluding hydrogens is 354 g/mol. The molecule has 2 aromatic rings. The Balaban J connectivity index is 0.00000192. The topological polar surface area (TPSA) is 58.4 Å². The molecule has 0 radical (unpaired) electrons. The van der Waals surface area contributed by atoms with Crippen LogP contribution in [0.4, 0.5) is 0 Å². The molecule has 0 saturated carbocycles. The molecule has 8 heteroatoms. The molecule has 1 N–H and O–H groups in total. The van der Waals surface area contributed by atoms with Gasteiger partial charge >= 0.3 is 0 Å². The van der Waals surface area contributed by atoms with E-state index in [-0.39, 0.29) is 24.4 Å². The molecule has 0 bridgehead atoms. The molecule has 1 aliphatic heterocycles. The zero-order valence-electron chi connectivity index (χ0n) is 12.9. The van der Waals surface area contributed by atoms with Gasteiger partial charge in [0.2, 0.25) is 5.91 Å². The molecule has 0 spiro atoms. The average Bonchev–Trinajstić information content (AvgIpc) is 3.18. The summed E-state index contributed by atoms with van der Waals surface area (Å²) in [6.45, 7) is 4.64. The van der Waals surface area contributed by atoms with E-state index in [4.69, 9.17) is 4.52 Å². The number of aromatic nitrogens is 1. The predicted molar refractivity (Wildman–Crippen MR) is 97.3 cm³/mol. The Hall–Kier alpha value is -1.02. The quantitative estimate of drug-likeness (QED) is 0.873. The van der Waals surface area contributed by atoms with Gasteiger partial charge in [0, 0.05) is 37.5 Å². The highest BCUT2D eigenvalue weighted by molar-refractivity contribution is 7.99. The summed E-state index contributed by atoms with van der Waals surface area (Å²) < 4.78 is 5.34. The van der Waals surface area contributed by atoms with Gasteiger partial charge in [0.05, 0.1) is 16.3 Å². The van der Waals surface area contributed by atoms with E-state index in [0.717, 1.165) is 36.0 Å². The second kappa shape index (κ2) is 8.73. The number of rotatable bonds is 5. The molecule has 1 fully saturated rings. The number of carbonyl (C=O) groups is 1. The molecule has 3 heterocycles. The first-order chi connectivity index (χ1) is 10.7. The maximum Gasteiger partial charge on any atom is 0.232 e. The van der Waals surface area contributed by atoms with Gasteiger partial charge < -0.3 is 14.7 Å². The Morgan fingerprint density at radius 1 is 1.61 bits per heavy atom. The molecule has 23 heavy (non-hydrogen) atoms. The van der Waals surface area contributed by atoms with Crippen molar-refractivity contribution in [2.75, 3.05) is 25.4 Å². The van der Waals surface area contributed by atoms with Crippen molar-refractivity contribution in [3.05, 3.63) is 29.3 Å². The fraction of sp³-hybridized carbons (Fsp3) is 0.467. The van der Waals surface area contributed by atoms with Crippen LogP contribution in [0.2, 0.25) is 0 Å². The third-order valence-corrected chi connectivity index (χ3v) is 5.46. The van der Waals surface area contributed by atoms with Crippen molar-refractivity contribution in [3.63, 3.8) is 0 Å². The van der Waals surface area contributed by atoms with Gasteiger partial charge in [-0.3, -0.25) is 4.79 Å². The van der Waals surface area contributed by atoms with Crippen LogP contribution >= 0.6 is 35.5 Å². The van der Waals surface area contributed by atoms with Crippen LogP contribution in [-0.2, 0) is 10.5 Å². The van der Waals surface area contributed by atoms with Crippen molar-refractivity contribution >= 4 is 41.4 Å². The van der Waals surface area contributed by atoms with Gasteiger partial charge in [-0.15, -0.1) is 35.5 Å². The molecule has 3 rings (SSSR count). The molecule has 1 saturated heterocycles. The average molecular weight is 374 g/mol. The van der Waals surface area contributed by atoms with Crippen molar-refractivity contribution in [1.29, 1.82) is 0 Å². The van der Waals surface area contributed by atoms with Gasteiger partial charge in [-0.05, 0) is 18.4 Å². The van der Waals surface area contributed by atoms with Gasteiger partial charge in [-0.2, -0.15) is 0 Å². The fourth-order valence-corrected chi connectivity index (χ4v) is 3.91. The first-order valence-electron chi connectivity index (χ1n) is 7.31.